The minimum atomic E-state index is -5.08. The predicted molar refractivity (Wildman–Crippen MR) is 121 cm³/mol. The number of nitrogens with one attached hydrogen (secondary N) is 1. The summed E-state index contributed by atoms with van der Waals surface area (Å²) in [5.74, 6) is -5.67. The number of piperidine rings is 1. The van der Waals surface area contributed by atoms with E-state index in [-0.39, 0.29) is 23.2 Å². The SMILES string of the molecule is O=C(O)C(F)(F)F.O=C(O)C(F)(F)F.O=C1NC2(CCN(Cc3ccc(F)cc3)CC2)CC1c1cccnc1. The number of aromatic nitrogens is 1. The van der Waals surface area contributed by atoms with Crippen LogP contribution in [0.5, 0.6) is 0 Å². The molecule has 1 aromatic heterocycles. The maximum atomic E-state index is 13.0. The number of carbonyl (C=O) groups is 3. The lowest BCUT2D eigenvalue weighted by atomic mass is 9.82. The van der Waals surface area contributed by atoms with Crippen molar-refractivity contribution in [2.45, 2.75) is 49.6 Å². The first kappa shape index (κ1) is 31.5. The number of carboxylic acid groups (broad SMARTS) is 2. The van der Waals surface area contributed by atoms with Crippen LogP contribution in [0.3, 0.4) is 0 Å². The highest BCUT2D eigenvalue weighted by atomic mass is 19.4. The van der Waals surface area contributed by atoms with Crippen LogP contribution in [0.15, 0.2) is 48.8 Å². The molecule has 1 spiro atoms. The molecule has 1 amide bonds. The first-order chi connectivity index (χ1) is 18.0. The summed E-state index contributed by atoms with van der Waals surface area (Å²) in [7, 11) is 0. The molecule has 2 aliphatic heterocycles. The van der Waals surface area contributed by atoms with Crippen molar-refractivity contribution in [3.63, 3.8) is 0 Å². The zero-order valence-corrected chi connectivity index (χ0v) is 20.1. The molecule has 1 atom stereocenters. The van der Waals surface area contributed by atoms with E-state index in [4.69, 9.17) is 19.8 Å². The molecule has 39 heavy (non-hydrogen) atoms. The number of halogens is 7. The topological polar surface area (TPSA) is 120 Å². The number of pyridine rings is 1. The zero-order valence-electron chi connectivity index (χ0n) is 20.1. The fraction of sp³-hybridized carbons (Fsp3) is 0.417. The minimum absolute atomic E-state index is 0.0858. The Kier molecular flexibility index (Phi) is 10.4. The average Bonchev–Trinajstić information content (AvgIpc) is 3.18. The van der Waals surface area contributed by atoms with Crippen molar-refractivity contribution in [3.05, 3.63) is 65.7 Å². The molecule has 1 aromatic carbocycles. The van der Waals surface area contributed by atoms with E-state index in [0.29, 0.717) is 0 Å². The number of likely N-dealkylation sites (tertiary alicyclic amines) is 1. The maximum Gasteiger partial charge on any atom is 0.490 e. The summed E-state index contributed by atoms with van der Waals surface area (Å²) in [5.41, 5.74) is 2.04. The van der Waals surface area contributed by atoms with Gasteiger partial charge in [-0.25, -0.2) is 14.0 Å². The molecule has 3 heterocycles. The summed E-state index contributed by atoms with van der Waals surface area (Å²) in [6.45, 7) is 2.71. The highest BCUT2D eigenvalue weighted by Gasteiger charge is 2.46. The fourth-order valence-corrected chi connectivity index (χ4v) is 4.05. The van der Waals surface area contributed by atoms with Crippen LogP contribution in [0.1, 0.15) is 36.3 Å². The molecule has 3 N–H and O–H groups in total. The number of amides is 1. The second-order valence-electron chi connectivity index (χ2n) is 8.82. The van der Waals surface area contributed by atoms with Crippen LogP contribution in [-0.2, 0) is 20.9 Å². The molecule has 2 aromatic rings. The van der Waals surface area contributed by atoms with Gasteiger partial charge in [0.05, 0.1) is 5.92 Å². The van der Waals surface area contributed by atoms with Crippen molar-refractivity contribution in [3.8, 4) is 0 Å². The Balaban J connectivity index is 0.000000317. The van der Waals surface area contributed by atoms with Crippen molar-refractivity contribution < 1.29 is 55.3 Å². The number of benzene rings is 1. The van der Waals surface area contributed by atoms with Gasteiger partial charge in [0.25, 0.3) is 0 Å². The summed E-state index contributed by atoms with van der Waals surface area (Å²) in [6, 6.07) is 10.6. The monoisotopic (exact) mass is 567 g/mol. The summed E-state index contributed by atoms with van der Waals surface area (Å²) in [6.07, 6.45) is -3.87. The number of hydrogen-bond donors (Lipinski definition) is 3. The number of nitrogens with zero attached hydrogens (tertiary/aromatic N) is 2. The van der Waals surface area contributed by atoms with Gasteiger partial charge in [-0.2, -0.15) is 26.3 Å². The summed E-state index contributed by atoms with van der Waals surface area (Å²) in [5, 5.41) is 17.5. The first-order valence-electron chi connectivity index (χ1n) is 11.3. The van der Waals surface area contributed by atoms with E-state index in [1.165, 1.54) is 12.1 Å². The first-order valence-corrected chi connectivity index (χ1v) is 11.3. The molecule has 0 aliphatic carbocycles. The third-order valence-corrected chi connectivity index (χ3v) is 6.00. The third kappa shape index (κ3) is 9.81. The molecule has 1 unspecified atom stereocenters. The van der Waals surface area contributed by atoms with Crippen molar-refractivity contribution in [1.82, 2.24) is 15.2 Å². The Hall–Kier alpha value is -3.75. The lowest BCUT2D eigenvalue weighted by Crippen LogP contribution is -2.50. The average molecular weight is 567 g/mol. The maximum absolute atomic E-state index is 13.0. The number of carboxylic acids is 2. The molecule has 0 radical (unpaired) electrons. The summed E-state index contributed by atoms with van der Waals surface area (Å²) < 4.78 is 76.5. The van der Waals surface area contributed by atoms with E-state index in [1.807, 2.05) is 24.3 Å². The molecular weight excluding hydrogens is 543 g/mol. The predicted octanol–water partition coefficient (Wildman–Crippen LogP) is 4.13. The molecule has 2 fully saturated rings. The van der Waals surface area contributed by atoms with Crippen LogP contribution in [0.4, 0.5) is 30.7 Å². The van der Waals surface area contributed by atoms with E-state index in [9.17, 15) is 35.5 Å². The van der Waals surface area contributed by atoms with Gasteiger partial charge in [0.1, 0.15) is 5.82 Å². The van der Waals surface area contributed by atoms with Crippen molar-refractivity contribution in [1.29, 1.82) is 0 Å². The van der Waals surface area contributed by atoms with Crippen LogP contribution >= 0.6 is 0 Å². The van der Waals surface area contributed by atoms with E-state index in [1.54, 1.807) is 12.4 Å². The minimum Gasteiger partial charge on any atom is -0.475 e. The van der Waals surface area contributed by atoms with Gasteiger partial charge in [-0.05, 0) is 48.6 Å². The number of aliphatic carboxylic acids is 2. The normalized spacial score (nSPS) is 18.7. The second kappa shape index (κ2) is 12.9. The number of alkyl halides is 6. The largest absolute Gasteiger partial charge is 0.490 e. The standard InChI is InChI=1S/C20H22FN3O.2C2HF3O2/c21-17-5-3-15(4-6-17)14-24-10-7-20(8-11-24)12-18(19(25)23-20)16-2-1-9-22-13-16;2*3-2(4,5)1(6)7/h1-6,9,13,18H,7-8,10-12,14H2,(H,23,25);2*(H,6,7). The van der Waals surface area contributed by atoms with Gasteiger partial charge >= 0.3 is 24.3 Å². The van der Waals surface area contributed by atoms with Crippen molar-refractivity contribution >= 4 is 17.8 Å². The molecular formula is C24H24F7N3O5. The van der Waals surface area contributed by atoms with Crippen LogP contribution in [-0.4, -0.2) is 68.9 Å². The van der Waals surface area contributed by atoms with Gasteiger partial charge in [-0.15, -0.1) is 0 Å². The van der Waals surface area contributed by atoms with Gasteiger partial charge in [-0.3, -0.25) is 14.7 Å². The third-order valence-electron chi connectivity index (χ3n) is 6.00. The van der Waals surface area contributed by atoms with Gasteiger partial charge in [0.2, 0.25) is 5.91 Å². The van der Waals surface area contributed by atoms with Crippen LogP contribution < -0.4 is 5.32 Å². The Morgan fingerprint density at radius 1 is 0.974 bits per heavy atom. The molecule has 0 bridgehead atoms. The van der Waals surface area contributed by atoms with Crippen molar-refractivity contribution in [2.75, 3.05) is 13.1 Å². The molecule has 0 saturated carbocycles. The lowest BCUT2D eigenvalue weighted by Gasteiger charge is -2.39. The fourth-order valence-electron chi connectivity index (χ4n) is 4.05. The van der Waals surface area contributed by atoms with Gasteiger partial charge in [0, 0.05) is 37.6 Å². The van der Waals surface area contributed by atoms with Gasteiger partial charge in [0.15, 0.2) is 0 Å². The molecule has 2 saturated heterocycles. The summed E-state index contributed by atoms with van der Waals surface area (Å²) >= 11 is 0. The molecule has 4 rings (SSSR count). The summed E-state index contributed by atoms with van der Waals surface area (Å²) in [4.78, 5) is 36.8. The smallest absolute Gasteiger partial charge is 0.475 e. The van der Waals surface area contributed by atoms with E-state index >= 15 is 0 Å². The van der Waals surface area contributed by atoms with Crippen LogP contribution in [0.25, 0.3) is 0 Å². The molecule has 2 aliphatic rings. The number of hydrogen-bond acceptors (Lipinski definition) is 5. The highest BCUT2D eigenvalue weighted by molar-refractivity contribution is 5.87. The molecule has 15 heteroatoms. The molecule has 214 valence electrons. The van der Waals surface area contributed by atoms with E-state index < -0.39 is 24.3 Å². The van der Waals surface area contributed by atoms with Gasteiger partial charge < -0.3 is 15.5 Å². The molecule has 8 nitrogen and oxygen atoms in total. The van der Waals surface area contributed by atoms with Crippen LogP contribution in [0.2, 0.25) is 0 Å². The number of rotatable bonds is 3. The van der Waals surface area contributed by atoms with Gasteiger partial charge in [-0.1, -0.05) is 18.2 Å². The van der Waals surface area contributed by atoms with E-state index in [0.717, 1.165) is 50.0 Å². The lowest BCUT2D eigenvalue weighted by molar-refractivity contribution is -0.193. The Morgan fingerprint density at radius 3 is 1.92 bits per heavy atom. The second-order valence-corrected chi connectivity index (χ2v) is 8.82. The number of carbonyl (C=O) groups excluding carboxylic acids is 1. The highest BCUT2D eigenvalue weighted by Crippen LogP contribution is 2.39. The Labute approximate surface area is 217 Å². The Bertz CT molecular complexity index is 1090. The van der Waals surface area contributed by atoms with Crippen molar-refractivity contribution in [2.24, 2.45) is 0 Å². The van der Waals surface area contributed by atoms with Crippen LogP contribution in [0, 0.1) is 5.82 Å². The quantitative estimate of drug-likeness (QED) is 0.478. The Morgan fingerprint density at radius 2 is 1.49 bits per heavy atom. The zero-order chi connectivity index (χ0) is 29.4. The van der Waals surface area contributed by atoms with E-state index in [2.05, 4.69) is 15.2 Å².